The number of nitrogens with zero attached hydrogens (tertiary/aromatic N) is 3. The van der Waals surface area contributed by atoms with Crippen LogP contribution in [0.25, 0.3) is 5.69 Å². The molecular formula is C39H42FN3O6Si. The van der Waals surface area contributed by atoms with Crippen molar-refractivity contribution in [3.63, 3.8) is 0 Å². The number of fused-ring (bicyclic) bond motifs is 3. The van der Waals surface area contributed by atoms with Gasteiger partial charge in [-0.05, 0) is 66.5 Å². The van der Waals surface area contributed by atoms with Crippen molar-refractivity contribution in [1.29, 1.82) is 0 Å². The maximum absolute atomic E-state index is 16.4. The second kappa shape index (κ2) is 12.9. The van der Waals surface area contributed by atoms with Crippen LogP contribution >= 0.6 is 0 Å². The first-order valence-corrected chi connectivity index (χ1v) is 20.0. The highest BCUT2D eigenvalue weighted by Crippen LogP contribution is 2.60. The molecule has 1 saturated heterocycles. The number of benzene rings is 3. The van der Waals surface area contributed by atoms with Crippen LogP contribution in [-0.4, -0.2) is 60.7 Å². The number of methoxy groups -OCH3 is 1. The number of hydrogen-bond donors (Lipinski definition) is 1. The van der Waals surface area contributed by atoms with Crippen molar-refractivity contribution >= 4 is 25.9 Å². The van der Waals surface area contributed by atoms with E-state index in [1.165, 1.54) is 11.7 Å². The van der Waals surface area contributed by atoms with Gasteiger partial charge in [-0.3, -0.25) is 19.0 Å². The zero-order chi connectivity index (χ0) is 35.4. The summed E-state index contributed by atoms with van der Waals surface area (Å²) in [6.07, 6.45) is 1.30. The molecule has 7 rings (SSSR count). The number of amides is 2. The van der Waals surface area contributed by atoms with E-state index >= 15 is 4.11 Å². The maximum Gasteiger partial charge on any atom is 0.297 e. The summed E-state index contributed by atoms with van der Waals surface area (Å²) >= 11 is 0. The topological polar surface area (TPSA) is 101 Å². The highest BCUT2D eigenvalue weighted by atomic mass is 28.4. The Morgan fingerprint density at radius 3 is 2.40 bits per heavy atom. The minimum absolute atomic E-state index is 0.0870. The Morgan fingerprint density at radius 1 is 1.00 bits per heavy atom. The molecule has 11 heteroatoms. The number of carbonyl (C=O) groups is 2. The summed E-state index contributed by atoms with van der Waals surface area (Å²) in [5, 5.41) is 10.2. The van der Waals surface area contributed by atoms with Gasteiger partial charge in [0, 0.05) is 35.5 Å². The van der Waals surface area contributed by atoms with E-state index < -0.39 is 37.6 Å². The SMILES string of the molecule is COc1cccn(-c2ccc(CN3C(=O)[C@@]4(O[C@@H](CC(=O)N5Cc6ccccc6C[C@H]5CO)[C@H]([Si](C)(C)F)[C@H]4C)c4ccccc43)cc2)c1=O. The van der Waals surface area contributed by atoms with Gasteiger partial charge in [0.15, 0.2) is 11.4 Å². The van der Waals surface area contributed by atoms with E-state index in [0.29, 0.717) is 29.9 Å². The lowest BCUT2D eigenvalue weighted by molar-refractivity contribution is -0.151. The molecule has 0 aliphatic carbocycles. The number of aromatic nitrogens is 1. The Hall–Kier alpha value is -4.58. The third kappa shape index (κ3) is 5.57. The Bertz CT molecular complexity index is 1990. The van der Waals surface area contributed by atoms with Crippen LogP contribution in [0.1, 0.15) is 35.6 Å². The van der Waals surface area contributed by atoms with Crippen molar-refractivity contribution in [2.45, 2.75) is 69.2 Å². The standard InChI is InChI=1S/C39H42FN3O6Si/c1-25-36(50(3,4)40)34(21-35(45)42-23-28-11-6-5-10-27(28)20-30(42)24-44)49-39(25)31-12-7-8-13-32(31)43(38(39)47)22-26-15-17-29(18-16-26)41-19-9-14-33(48-2)37(41)46/h5-19,25,30,34,36,44H,20-24H2,1-4H3/t25-,30+,34+,36-,39+/m1/s1. The molecule has 0 radical (unpaired) electrons. The van der Waals surface area contributed by atoms with E-state index in [1.54, 1.807) is 41.2 Å². The Morgan fingerprint density at radius 2 is 1.70 bits per heavy atom. The van der Waals surface area contributed by atoms with Crippen molar-refractivity contribution in [3.05, 3.63) is 124 Å². The van der Waals surface area contributed by atoms with E-state index in [9.17, 15) is 19.5 Å². The zero-order valence-electron chi connectivity index (χ0n) is 28.7. The third-order valence-electron chi connectivity index (χ3n) is 10.8. The number of carbonyl (C=O) groups excluding carboxylic acids is 2. The Labute approximate surface area is 292 Å². The first-order chi connectivity index (χ1) is 24.0. The van der Waals surface area contributed by atoms with Gasteiger partial charge in [0.1, 0.15) is 0 Å². The van der Waals surface area contributed by atoms with Gasteiger partial charge < -0.3 is 28.5 Å². The number of aliphatic hydroxyl groups excluding tert-OH is 1. The number of anilines is 1. The first kappa shape index (κ1) is 33.9. The number of halogens is 1. The van der Waals surface area contributed by atoms with Crippen LogP contribution in [0.3, 0.4) is 0 Å². The Kier molecular flexibility index (Phi) is 8.78. The van der Waals surface area contributed by atoms with Gasteiger partial charge in [-0.1, -0.05) is 61.5 Å². The lowest BCUT2D eigenvalue weighted by Crippen LogP contribution is -2.48. The molecule has 3 aromatic carbocycles. The zero-order valence-corrected chi connectivity index (χ0v) is 29.7. The average Bonchev–Trinajstić information content (AvgIpc) is 3.54. The molecule has 0 saturated carbocycles. The van der Waals surface area contributed by atoms with E-state index in [-0.39, 0.29) is 42.7 Å². The average molecular weight is 696 g/mol. The van der Waals surface area contributed by atoms with Crippen LogP contribution in [0.5, 0.6) is 5.75 Å². The summed E-state index contributed by atoms with van der Waals surface area (Å²) in [5.41, 5.74) is 2.62. The minimum Gasteiger partial charge on any atom is -0.491 e. The molecule has 3 aliphatic rings. The lowest BCUT2D eigenvalue weighted by Gasteiger charge is -2.37. The summed E-state index contributed by atoms with van der Waals surface area (Å²) in [4.78, 5) is 45.0. The molecule has 4 aromatic rings. The smallest absolute Gasteiger partial charge is 0.297 e. The number of rotatable bonds is 8. The fourth-order valence-corrected chi connectivity index (χ4v) is 11.0. The van der Waals surface area contributed by atoms with Crippen LogP contribution < -0.4 is 15.2 Å². The van der Waals surface area contributed by atoms with Crippen LogP contribution in [0, 0.1) is 5.92 Å². The molecule has 5 atom stereocenters. The quantitative estimate of drug-likeness (QED) is 0.193. The van der Waals surface area contributed by atoms with Gasteiger partial charge in [-0.25, -0.2) is 0 Å². The number of aliphatic hydroxyl groups is 1. The molecule has 4 heterocycles. The van der Waals surface area contributed by atoms with Crippen molar-refractivity contribution in [2.75, 3.05) is 18.6 Å². The fourth-order valence-electron chi connectivity index (χ4n) is 8.47. The molecule has 0 bridgehead atoms. The highest BCUT2D eigenvalue weighted by Gasteiger charge is 2.67. The molecule has 1 fully saturated rings. The minimum atomic E-state index is -3.49. The molecule has 9 nitrogen and oxygen atoms in total. The second-order valence-electron chi connectivity index (χ2n) is 14.1. The molecule has 1 spiro atoms. The van der Waals surface area contributed by atoms with Gasteiger partial charge in [0.25, 0.3) is 11.5 Å². The number of para-hydroxylation sites is 1. The van der Waals surface area contributed by atoms with Crippen LogP contribution in [0.2, 0.25) is 18.6 Å². The van der Waals surface area contributed by atoms with Crippen molar-refractivity contribution in [2.24, 2.45) is 5.92 Å². The summed E-state index contributed by atoms with van der Waals surface area (Å²) in [6.45, 7) is 5.54. The third-order valence-corrected chi connectivity index (χ3v) is 13.3. The summed E-state index contributed by atoms with van der Waals surface area (Å²) in [6, 6.07) is 25.7. The monoisotopic (exact) mass is 695 g/mol. The van der Waals surface area contributed by atoms with Gasteiger partial charge in [0.05, 0.1) is 44.5 Å². The van der Waals surface area contributed by atoms with Gasteiger partial charge in [0.2, 0.25) is 14.3 Å². The molecule has 260 valence electrons. The predicted molar refractivity (Wildman–Crippen MR) is 190 cm³/mol. The Balaban J connectivity index is 1.18. The van der Waals surface area contributed by atoms with Gasteiger partial charge >= 0.3 is 0 Å². The van der Waals surface area contributed by atoms with Crippen LogP contribution in [0.15, 0.2) is 95.9 Å². The predicted octanol–water partition coefficient (Wildman–Crippen LogP) is 5.50. The largest absolute Gasteiger partial charge is 0.491 e. The maximum atomic E-state index is 16.4. The lowest BCUT2D eigenvalue weighted by atomic mass is 9.82. The van der Waals surface area contributed by atoms with Crippen LogP contribution in [0.4, 0.5) is 9.80 Å². The molecule has 1 aromatic heterocycles. The van der Waals surface area contributed by atoms with Gasteiger partial charge in [-0.2, -0.15) is 0 Å². The molecular weight excluding hydrogens is 654 g/mol. The summed E-state index contributed by atoms with van der Waals surface area (Å²) < 4.78 is 29.9. The highest BCUT2D eigenvalue weighted by molar-refractivity contribution is 6.72. The number of hydrogen-bond acceptors (Lipinski definition) is 6. The van der Waals surface area contributed by atoms with Crippen molar-refractivity contribution in [3.8, 4) is 11.4 Å². The molecule has 50 heavy (non-hydrogen) atoms. The van der Waals surface area contributed by atoms with E-state index in [2.05, 4.69) is 0 Å². The van der Waals surface area contributed by atoms with Crippen molar-refractivity contribution in [1.82, 2.24) is 9.47 Å². The normalized spacial score (nSPS) is 24.4. The number of ether oxygens (including phenoxy) is 2. The summed E-state index contributed by atoms with van der Waals surface area (Å²) in [7, 11) is -2.04. The summed E-state index contributed by atoms with van der Waals surface area (Å²) in [5.74, 6) is -0.803. The molecule has 3 aliphatic heterocycles. The molecule has 1 N–H and O–H groups in total. The molecule has 2 amide bonds. The van der Waals surface area contributed by atoms with E-state index in [0.717, 1.165) is 16.7 Å². The first-order valence-electron chi connectivity index (χ1n) is 17.1. The molecule has 0 unspecified atom stereocenters. The second-order valence-corrected chi connectivity index (χ2v) is 17.9. The fraction of sp³-hybridized carbons (Fsp3) is 0.359. The van der Waals surface area contributed by atoms with E-state index in [4.69, 9.17) is 9.47 Å². The number of pyridine rings is 1. The van der Waals surface area contributed by atoms with E-state index in [1.807, 2.05) is 79.7 Å². The van der Waals surface area contributed by atoms with Gasteiger partial charge in [-0.15, -0.1) is 0 Å². The van der Waals surface area contributed by atoms with Crippen LogP contribution in [-0.2, 0) is 39.4 Å². The van der Waals surface area contributed by atoms with Crippen molar-refractivity contribution < 1.29 is 28.3 Å².